The summed E-state index contributed by atoms with van der Waals surface area (Å²) in [5, 5.41) is 3.57. The SMILES string of the molecule is Cc1cc(Br)c(NC(=O)C2CCCCC2N)cc1Cl. The second kappa shape index (κ2) is 6.25. The lowest BCUT2D eigenvalue weighted by Gasteiger charge is -2.27. The zero-order chi connectivity index (χ0) is 14.0. The van der Waals surface area contributed by atoms with Crippen LogP contribution in [-0.2, 0) is 4.79 Å². The van der Waals surface area contributed by atoms with Crippen LogP contribution in [0.15, 0.2) is 16.6 Å². The number of benzene rings is 1. The van der Waals surface area contributed by atoms with Crippen molar-refractivity contribution in [2.45, 2.75) is 38.6 Å². The van der Waals surface area contributed by atoms with Gasteiger partial charge in [-0.25, -0.2) is 0 Å². The lowest BCUT2D eigenvalue weighted by molar-refractivity contribution is -0.121. The van der Waals surface area contributed by atoms with Crippen LogP contribution < -0.4 is 11.1 Å². The lowest BCUT2D eigenvalue weighted by Crippen LogP contribution is -2.40. The minimum atomic E-state index is -0.0965. The predicted molar refractivity (Wildman–Crippen MR) is 82.5 cm³/mol. The van der Waals surface area contributed by atoms with Crippen molar-refractivity contribution in [1.29, 1.82) is 0 Å². The average Bonchev–Trinajstić information content (AvgIpc) is 2.36. The van der Waals surface area contributed by atoms with E-state index in [2.05, 4.69) is 21.2 Å². The highest BCUT2D eigenvalue weighted by Crippen LogP contribution is 2.31. The zero-order valence-corrected chi connectivity index (χ0v) is 13.2. The number of aryl methyl sites for hydroxylation is 1. The van der Waals surface area contributed by atoms with Crippen molar-refractivity contribution < 1.29 is 4.79 Å². The second-order valence-corrected chi connectivity index (χ2v) is 6.39. The molecule has 1 aliphatic carbocycles. The summed E-state index contributed by atoms with van der Waals surface area (Å²) in [5.41, 5.74) is 7.71. The van der Waals surface area contributed by atoms with Crippen LogP contribution in [0.25, 0.3) is 0 Å². The molecule has 1 saturated carbocycles. The summed E-state index contributed by atoms with van der Waals surface area (Å²) in [6.07, 6.45) is 3.98. The average molecular weight is 346 g/mol. The fraction of sp³-hybridized carbons (Fsp3) is 0.500. The Kier molecular flexibility index (Phi) is 4.87. The van der Waals surface area contributed by atoms with E-state index in [1.165, 1.54) is 0 Å². The van der Waals surface area contributed by atoms with Gasteiger partial charge in [-0.2, -0.15) is 0 Å². The molecule has 3 N–H and O–H groups in total. The molecule has 5 heteroatoms. The second-order valence-electron chi connectivity index (χ2n) is 5.13. The largest absolute Gasteiger partial charge is 0.327 e. The number of halogens is 2. The first-order valence-corrected chi connectivity index (χ1v) is 7.68. The highest BCUT2D eigenvalue weighted by molar-refractivity contribution is 9.10. The molecule has 1 aromatic rings. The number of nitrogens with two attached hydrogens (primary N) is 1. The van der Waals surface area contributed by atoms with Gasteiger partial charge < -0.3 is 11.1 Å². The number of rotatable bonds is 2. The summed E-state index contributed by atoms with van der Waals surface area (Å²) < 4.78 is 0.840. The first kappa shape index (κ1) is 14.8. The Morgan fingerprint density at radius 3 is 2.79 bits per heavy atom. The Morgan fingerprint density at radius 2 is 2.11 bits per heavy atom. The van der Waals surface area contributed by atoms with Crippen LogP contribution in [0, 0.1) is 12.8 Å². The van der Waals surface area contributed by atoms with Gasteiger partial charge in [0, 0.05) is 15.5 Å². The molecule has 0 spiro atoms. The maximum Gasteiger partial charge on any atom is 0.229 e. The van der Waals surface area contributed by atoms with Gasteiger partial charge in [-0.3, -0.25) is 4.79 Å². The lowest BCUT2D eigenvalue weighted by atomic mass is 9.84. The maximum atomic E-state index is 12.3. The fourth-order valence-corrected chi connectivity index (χ4v) is 3.17. The van der Waals surface area contributed by atoms with Crippen LogP contribution in [0.4, 0.5) is 5.69 Å². The quantitative estimate of drug-likeness (QED) is 0.855. The molecule has 0 saturated heterocycles. The van der Waals surface area contributed by atoms with Gasteiger partial charge in [0.2, 0.25) is 5.91 Å². The van der Waals surface area contributed by atoms with Crippen molar-refractivity contribution in [3.8, 4) is 0 Å². The third-order valence-corrected chi connectivity index (χ3v) is 4.73. The van der Waals surface area contributed by atoms with Crippen molar-refractivity contribution in [3.63, 3.8) is 0 Å². The summed E-state index contributed by atoms with van der Waals surface area (Å²) in [6, 6.07) is 3.64. The molecule has 0 heterocycles. The van der Waals surface area contributed by atoms with Gasteiger partial charge in [-0.15, -0.1) is 0 Å². The van der Waals surface area contributed by atoms with Crippen LogP contribution in [-0.4, -0.2) is 11.9 Å². The smallest absolute Gasteiger partial charge is 0.229 e. The van der Waals surface area contributed by atoms with E-state index in [1.807, 2.05) is 13.0 Å². The Bertz CT molecular complexity index is 493. The minimum Gasteiger partial charge on any atom is -0.327 e. The van der Waals surface area contributed by atoms with E-state index in [1.54, 1.807) is 6.07 Å². The molecule has 1 aliphatic rings. The summed E-state index contributed by atoms with van der Waals surface area (Å²) in [5.74, 6) is -0.103. The monoisotopic (exact) mass is 344 g/mol. The van der Waals surface area contributed by atoms with Gasteiger partial charge in [0.05, 0.1) is 11.6 Å². The molecule has 0 aliphatic heterocycles. The third kappa shape index (κ3) is 3.50. The van der Waals surface area contributed by atoms with E-state index in [4.69, 9.17) is 17.3 Å². The number of nitrogens with one attached hydrogen (secondary N) is 1. The number of hydrogen-bond acceptors (Lipinski definition) is 2. The Balaban J connectivity index is 2.12. The first-order valence-electron chi connectivity index (χ1n) is 6.51. The summed E-state index contributed by atoms with van der Waals surface area (Å²) in [6.45, 7) is 1.93. The summed E-state index contributed by atoms with van der Waals surface area (Å²) in [7, 11) is 0. The Labute approximate surface area is 127 Å². The van der Waals surface area contributed by atoms with Crippen LogP contribution >= 0.6 is 27.5 Å². The Morgan fingerprint density at radius 1 is 1.42 bits per heavy atom. The number of amides is 1. The number of carbonyl (C=O) groups excluding carboxylic acids is 1. The van der Waals surface area contributed by atoms with E-state index in [9.17, 15) is 4.79 Å². The molecule has 0 aromatic heterocycles. The molecule has 1 amide bonds. The van der Waals surface area contributed by atoms with Crippen molar-refractivity contribution in [2.24, 2.45) is 11.7 Å². The molecule has 2 unspecified atom stereocenters. The summed E-state index contributed by atoms with van der Waals surface area (Å²) in [4.78, 5) is 12.3. The molecule has 1 aromatic carbocycles. The molecule has 19 heavy (non-hydrogen) atoms. The van der Waals surface area contributed by atoms with Gasteiger partial charge in [-0.05, 0) is 53.4 Å². The standard InChI is InChI=1S/C14H18BrClN2O/c1-8-6-10(15)13(7-11(8)16)18-14(19)9-4-2-3-5-12(9)17/h6-7,9,12H,2-5,17H2,1H3,(H,18,19). The minimum absolute atomic E-state index is 0.00665. The van der Waals surface area contributed by atoms with Crippen LogP contribution in [0.1, 0.15) is 31.2 Å². The van der Waals surface area contributed by atoms with E-state index >= 15 is 0 Å². The molecule has 104 valence electrons. The number of hydrogen-bond donors (Lipinski definition) is 2. The van der Waals surface area contributed by atoms with Crippen molar-refractivity contribution >= 4 is 39.1 Å². The van der Waals surface area contributed by atoms with Gasteiger partial charge in [-0.1, -0.05) is 24.4 Å². The highest BCUT2D eigenvalue weighted by atomic mass is 79.9. The van der Waals surface area contributed by atoms with Crippen LogP contribution in [0.5, 0.6) is 0 Å². The van der Waals surface area contributed by atoms with E-state index in [0.717, 1.165) is 35.7 Å². The van der Waals surface area contributed by atoms with E-state index in [0.29, 0.717) is 10.7 Å². The van der Waals surface area contributed by atoms with Crippen molar-refractivity contribution in [2.75, 3.05) is 5.32 Å². The molecule has 3 nitrogen and oxygen atoms in total. The molecule has 0 radical (unpaired) electrons. The highest BCUT2D eigenvalue weighted by Gasteiger charge is 2.28. The van der Waals surface area contributed by atoms with Crippen LogP contribution in [0.2, 0.25) is 5.02 Å². The van der Waals surface area contributed by atoms with Crippen LogP contribution in [0.3, 0.4) is 0 Å². The Hall–Kier alpha value is -0.580. The molecule has 0 bridgehead atoms. The predicted octanol–water partition coefficient (Wildman–Crippen LogP) is 3.87. The molecule has 1 fully saturated rings. The topological polar surface area (TPSA) is 55.1 Å². The van der Waals surface area contributed by atoms with Gasteiger partial charge >= 0.3 is 0 Å². The fourth-order valence-electron chi connectivity index (χ4n) is 2.45. The van der Waals surface area contributed by atoms with Gasteiger partial charge in [0.1, 0.15) is 0 Å². The number of carbonyl (C=O) groups is 1. The zero-order valence-electron chi connectivity index (χ0n) is 10.9. The molecule has 2 atom stereocenters. The third-order valence-electron chi connectivity index (χ3n) is 3.66. The first-order chi connectivity index (χ1) is 8.99. The summed E-state index contributed by atoms with van der Waals surface area (Å²) >= 11 is 9.53. The van der Waals surface area contributed by atoms with E-state index < -0.39 is 0 Å². The van der Waals surface area contributed by atoms with Crippen molar-refractivity contribution in [3.05, 3.63) is 27.2 Å². The van der Waals surface area contributed by atoms with Crippen molar-refractivity contribution in [1.82, 2.24) is 0 Å². The normalized spacial score (nSPS) is 23.2. The van der Waals surface area contributed by atoms with E-state index in [-0.39, 0.29) is 17.9 Å². The number of anilines is 1. The van der Waals surface area contributed by atoms with Gasteiger partial charge in [0.25, 0.3) is 0 Å². The molecular formula is C14H18BrClN2O. The molecular weight excluding hydrogens is 328 g/mol. The molecule has 2 rings (SSSR count). The van der Waals surface area contributed by atoms with Gasteiger partial charge in [0.15, 0.2) is 0 Å². The maximum absolute atomic E-state index is 12.3.